The van der Waals surface area contributed by atoms with Gasteiger partial charge in [-0.15, -0.1) is 0 Å². The van der Waals surface area contributed by atoms with Crippen molar-refractivity contribution in [2.75, 3.05) is 15.9 Å². The number of amides is 1. The molecule has 1 amide bonds. The van der Waals surface area contributed by atoms with Crippen LogP contribution in [0.5, 0.6) is 0 Å². The van der Waals surface area contributed by atoms with Crippen LogP contribution in [0.1, 0.15) is 30.5 Å². The molecule has 26 heavy (non-hydrogen) atoms. The zero-order valence-corrected chi connectivity index (χ0v) is 16.7. The summed E-state index contributed by atoms with van der Waals surface area (Å²) in [6.45, 7) is 7.52. The number of aryl methyl sites for hydroxylation is 3. The molecule has 0 spiro atoms. The fraction of sp³-hybridized carbons (Fsp3) is 0.350. The summed E-state index contributed by atoms with van der Waals surface area (Å²) < 4.78 is 25.8. The summed E-state index contributed by atoms with van der Waals surface area (Å²) in [5.41, 5.74) is 4.31. The van der Waals surface area contributed by atoms with Gasteiger partial charge in [0.15, 0.2) is 0 Å². The molecule has 0 radical (unpaired) electrons. The Labute approximate surface area is 156 Å². The molecule has 5 nitrogen and oxygen atoms in total. The summed E-state index contributed by atoms with van der Waals surface area (Å²) in [5, 5.41) is 2.82. The van der Waals surface area contributed by atoms with Crippen LogP contribution in [0.3, 0.4) is 0 Å². The van der Waals surface area contributed by atoms with E-state index in [0.717, 1.165) is 33.7 Å². The molecule has 140 valence electrons. The molecule has 1 N–H and O–H groups in total. The Morgan fingerprint density at radius 1 is 1.08 bits per heavy atom. The van der Waals surface area contributed by atoms with Crippen molar-refractivity contribution in [2.24, 2.45) is 0 Å². The minimum atomic E-state index is -3.62. The third-order valence-electron chi connectivity index (χ3n) is 4.18. The third-order valence-corrected chi connectivity index (χ3v) is 5.42. The number of carbonyl (C=O) groups is 1. The predicted molar refractivity (Wildman–Crippen MR) is 107 cm³/mol. The van der Waals surface area contributed by atoms with Crippen LogP contribution in [0.15, 0.2) is 42.5 Å². The van der Waals surface area contributed by atoms with Gasteiger partial charge >= 0.3 is 0 Å². The summed E-state index contributed by atoms with van der Waals surface area (Å²) in [6.07, 6.45) is 1.98. The van der Waals surface area contributed by atoms with Gasteiger partial charge in [0.1, 0.15) is 6.04 Å². The Morgan fingerprint density at radius 3 is 2.08 bits per heavy atom. The lowest BCUT2D eigenvalue weighted by molar-refractivity contribution is -0.116. The summed E-state index contributed by atoms with van der Waals surface area (Å²) in [6, 6.07) is 12.1. The number of hydrogen-bond acceptors (Lipinski definition) is 3. The molecule has 0 aliphatic carbocycles. The molecule has 2 aromatic rings. The number of sulfonamides is 1. The van der Waals surface area contributed by atoms with Crippen LogP contribution >= 0.6 is 0 Å². The number of nitrogens with one attached hydrogen (secondary N) is 1. The van der Waals surface area contributed by atoms with Crippen molar-refractivity contribution in [1.29, 1.82) is 0 Å². The average Bonchev–Trinajstić information content (AvgIpc) is 2.53. The number of benzene rings is 2. The first kappa shape index (κ1) is 20.0. The van der Waals surface area contributed by atoms with Crippen molar-refractivity contribution in [3.63, 3.8) is 0 Å². The van der Waals surface area contributed by atoms with Crippen molar-refractivity contribution in [3.05, 3.63) is 59.2 Å². The van der Waals surface area contributed by atoms with Gasteiger partial charge in [0.25, 0.3) is 0 Å². The lowest BCUT2D eigenvalue weighted by Crippen LogP contribution is -2.45. The molecule has 1 atom stereocenters. The maximum absolute atomic E-state index is 12.7. The summed E-state index contributed by atoms with van der Waals surface area (Å²) >= 11 is 0. The van der Waals surface area contributed by atoms with E-state index in [1.165, 1.54) is 0 Å². The van der Waals surface area contributed by atoms with Crippen LogP contribution in [-0.2, 0) is 21.2 Å². The molecule has 0 aliphatic heterocycles. The lowest BCUT2D eigenvalue weighted by Gasteiger charge is -2.28. The van der Waals surface area contributed by atoms with Crippen LogP contribution in [0.25, 0.3) is 0 Å². The zero-order valence-electron chi connectivity index (χ0n) is 15.9. The smallest absolute Gasteiger partial charge is 0.247 e. The van der Waals surface area contributed by atoms with Gasteiger partial charge < -0.3 is 5.32 Å². The normalized spacial score (nSPS) is 12.5. The number of carbonyl (C=O) groups excluding carboxylic acids is 1. The van der Waals surface area contributed by atoms with Gasteiger partial charge in [-0.05, 0) is 68.1 Å². The first-order valence-electron chi connectivity index (χ1n) is 8.59. The second-order valence-corrected chi connectivity index (χ2v) is 8.48. The van der Waals surface area contributed by atoms with Crippen LogP contribution in [-0.4, -0.2) is 26.6 Å². The van der Waals surface area contributed by atoms with Gasteiger partial charge in [-0.2, -0.15) is 0 Å². The van der Waals surface area contributed by atoms with Crippen molar-refractivity contribution in [2.45, 2.75) is 40.2 Å². The van der Waals surface area contributed by atoms with Gasteiger partial charge in [0, 0.05) is 5.69 Å². The summed E-state index contributed by atoms with van der Waals surface area (Å²) in [7, 11) is -3.62. The number of rotatable bonds is 6. The SMILES string of the molecule is CCc1ccc(N([C@H](C)C(=O)Nc2cc(C)cc(C)c2)S(C)(=O)=O)cc1. The summed E-state index contributed by atoms with van der Waals surface area (Å²) in [4.78, 5) is 12.7. The number of nitrogens with zero attached hydrogens (tertiary/aromatic N) is 1. The van der Waals surface area contributed by atoms with Crippen LogP contribution in [0, 0.1) is 13.8 Å². The van der Waals surface area contributed by atoms with Crippen molar-refractivity contribution >= 4 is 27.3 Å². The molecule has 0 unspecified atom stereocenters. The summed E-state index contributed by atoms with van der Waals surface area (Å²) in [5.74, 6) is -0.375. The second-order valence-electron chi connectivity index (χ2n) is 6.62. The zero-order chi connectivity index (χ0) is 19.5. The van der Waals surface area contributed by atoms with Crippen LogP contribution in [0.4, 0.5) is 11.4 Å². The minimum absolute atomic E-state index is 0.375. The molecule has 0 aromatic heterocycles. The molecule has 0 saturated heterocycles. The van der Waals surface area contributed by atoms with Crippen molar-refractivity contribution in [3.8, 4) is 0 Å². The van der Waals surface area contributed by atoms with E-state index in [2.05, 4.69) is 5.32 Å². The van der Waals surface area contributed by atoms with Gasteiger partial charge in [-0.3, -0.25) is 9.10 Å². The molecule has 6 heteroatoms. The Hall–Kier alpha value is -2.34. The Kier molecular flexibility index (Phi) is 6.08. The largest absolute Gasteiger partial charge is 0.324 e. The van der Waals surface area contributed by atoms with E-state index in [1.54, 1.807) is 19.1 Å². The molecule has 0 aliphatic rings. The fourth-order valence-corrected chi connectivity index (χ4v) is 4.16. The average molecular weight is 375 g/mol. The van der Waals surface area contributed by atoms with E-state index in [1.807, 2.05) is 51.1 Å². The van der Waals surface area contributed by atoms with E-state index >= 15 is 0 Å². The van der Waals surface area contributed by atoms with Crippen LogP contribution < -0.4 is 9.62 Å². The number of anilines is 2. The highest BCUT2D eigenvalue weighted by atomic mass is 32.2. The molecular weight excluding hydrogens is 348 g/mol. The fourth-order valence-electron chi connectivity index (χ4n) is 2.98. The third kappa shape index (κ3) is 4.85. The van der Waals surface area contributed by atoms with E-state index in [4.69, 9.17) is 0 Å². The lowest BCUT2D eigenvalue weighted by atomic mass is 10.1. The van der Waals surface area contributed by atoms with E-state index in [0.29, 0.717) is 11.4 Å². The molecule has 0 saturated carbocycles. The number of hydrogen-bond donors (Lipinski definition) is 1. The van der Waals surface area contributed by atoms with Crippen molar-refractivity contribution < 1.29 is 13.2 Å². The van der Waals surface area contributed by atoms with Gasteiger partial charge in [0.05, 0.1) is 11.9 Å². The second kappa shape index (κ2) is 7.91. The predicted octanol–water partition coefficient (Wildman–Crippen LogP) is 3.66. The maximum Gasteiger partial charge on any atom is 0.247 e. The first-order chi connectivity index (χ1) is 12.1. The van der Waals surface area contributed by atoms with E-state index < -0.39 is 16.1 Å². The Morgan fingerprint density at radius 2 is 1.62 bits per heavy atom. The van der Waals surface area contributed by atoms with Crippen LogP contribution in [0.2, 0.25) is 0 Å². The first-order valence-corrected chi connectivity index (χ1v) is 10.4. The van der Waals surface area contributed by atoms with Gasteiger partial charge in [0.2, 0.25) is 15.9 Å². The monoisotopic (exact) mass is 374 g/mol. The highest BCUT2D eigenvalue weighted by Gasteiger charge is 2.29. The Balaban J connectivity index is 2.30. The standard InChI is InChI=1S/C20H26N2O3S/c1-6-17-7-9-19(10-8-17)22(26(5,24)25)16(4)20(23)21-18-12-14(2)11-15(3)13-18/h7-13,16H,6H2,1-5H3,(H,21,23)/t16-/m1/s1. The molecule has 2 aromatic carbocycles. The quantitative estimate of drug-likeness (QED) is 0.839. The molecule has 0 bridgehead atoms. The molecule has 0 fully saturated rings. The highest BCUT2D eigenvalue weighted by molar-refractivity contribution is 7.92. The highest BCUT2D eigenvalue weighted by Crippen LogP contribution is 2.23. The topological polar surface area (TPSA) is 66.5 Å². The van der Waals surface area contributed by atoms with E-state index in [9.17, 15) is 13.2 Å². The van der Waals surface area contributed by atoms with E-state index in [-0.39, 0.29) is 5.91 Å². The minimum Gasteiger partial charge on any atom is -0.324 e. The Bertz CT molecular complexity index is 870. The molecule has 2 rings (SSSR count). The van der Waals surface area contributed by atoms with Crippen molar-refractivity contribution in [1.82, 2.24) is 0 Å². The molecule has 0 heterocycles. The van der Waals surface area contributed by atoms with Gasteiger partial charge in [-0.25, -0.2) is 8.42 Å². The maximum atomic E-state index is 12.7. The van der Waals surface area contributed by atoms with Gasteiger partial charge in [-0.1, -0.05) is 25.1 Å². The molecular formula is C20H26N2O3S.